The molecule has 86 heavy (non-hydrogen) atoms. The summed E-state index contributed by atoms with van der Waals surface area (Å²) in [5.41, 5.74) is 20.1. The zero-order valence-electron chi connectivity index (χ0n) is 47.1. The summed E-state index contributed by atoms with van der Waals surface area (Å²) in [6.07, 6.45) is 4.16. The molecule has 0 aliphatic carbocycles. The van der Waals surface area contributed by atoms with Crippen LogP contribution in [0.5, 0.6) is 5.75 Å². The Hall–Kier alpha value is -10.1. The zero-order chi connectivity index (χ0) is 61.9. The van der Waals surface area contributed by atoms with E-state index in [0.29, 0.717) is 66.4 Å². The minimum absolute atomic E-state index is 0.0476. The number of hydrogen-bond donors (Lipinski definition) is 12. The summed E-state index contributed by atoms with van der Waals surface area (Å²) in [5.74, 6) is -6.70. The lowest BCUT2D eigenvalue weighted by atomic mass is 10.0. The van der Waals surface area contributed by atoms with Gasteiger partial charge in [0.05, 0.1) is 12.8 Å². The normalized spacial score (nSPS) is 19.4. The number of amides is 11. The van der Waals surface area contributed by atoms with Crippen LogP contribution >= 0.6 is 0 Å². The van der Waals surface area contributed by atoms with Crippen molar-refractivity contribution in [3.8, 4) is 5.75 Å². The first-order chi connectivity index (χ1) is 41.0. The fourth-order valence-corrected chi connectivity index (χ4v) is 11.1. The van der Waals surface area contributed by atoms with E-state index >= 15 is 0 Å². The third-order valence-corrected chi connectivity index (χ3v) is 15.4. The van der Waals surface area contributed by atoms with Gasteiger partial charge in [-0.05, 0) is 98.9 Å². The van der Waals surface area contributed by atoms with Gasteiger partial charge in [0, 0.05) is 78.4 Å². The van der Waals surface area contributed by atoms with Crippen molar-refractivity contribution in [2.45, 2.75) is 132 Å². The van der Waals surface area contributed by atoms with Crippen LogP contribution in [-0.2, 0) is 65.6 Å². The summed E-state index contributed by atoms with van der Waals surface area (Å²) >= 11 is 0. The van der Waals surface area contributed by atoms with Crippen LogP contribution in [0.15, 0.2) is 100 Å². The largest absolute Gasteiger partial charge is 0.508 e. The lowest BCUT2D eigenvalue weighted by Gasteiger charge is -2.30. The topological polar surface area (TPSA) is 423 Å². The second-order valence-corrected chi connectivity index (χ2v) is 21.7. The van der Waals surface area contributed by atoms with E-state index in [9.17, 15) is 62.6 Å². The van der Waals surface area contributed by atoms with Crippen molar-refractivity contribution in [2.75, 3.05) is 18.4 Å². The molecule has 0 radical (unpaired) electrons. The van der Waals surface area contributed by atoms with Crippen LogP contribution in [0.3, 0.4) is 0 Å². The van der Waals surface area contributed by atoms with Gasteiger partial charge in [0.15, 0.2) is 0 Å². The number of nitrogens with two attached hydrogens (primary N) is 3. The average Bonchev–Trinajstić information content (AvgIpc) is 4.18. The number of allylic oxidation sites excluding steroid dienone is 1. The summed E-state index contributed by atoms with van der Waals surface area (Å²) in [5, 5.41) is 29.9. The maximum Gasteiger partial charge on any atom is 0.336 e. The van der Waals surface area contributed by atoms with Crippen molar-refractivity contribution in [3.05, 3.63) is 118 Å². The maximum atomic E-state index is 13.9. The van der Waals surface area contributed by atoms with E-state index in [1.807, 2.05) is 24.3 Å². The Bertz CT molecular complexity index is 3550. The Kier molecular flexibility index (Phi) is 19.8. The highest BCUT2D eigenvalue weighted by atomic mass is 16.4. The van der Waals surface area contributed by atoms with Crippen LogP contribution in [0, 0.1) is 6.92 Å². The van der Waals surface area contributed by atoms with Crippen LogP contribution in [0.4, 0.5) is 5.69 Å². The third-order valence-electron chi connectivity index (χ3n) is 15.4. The molecule has 4 aliphatic heterocycles. The number of fused-ring (bicyclic) bond motifs is 2. The van der Waals surface area contributed by atoms with Crippen molar-refractivity contribution in [2.24, 2.45) is 17.2 Å². The molecular weight excluding hydrogens is 1110 g/mol. The quantitative estimate of drug-likeness (QED) is 0.0408. The number of phenolic OH excluding ortho intramolecular Hbond substituents is 1. The molecule has 8 atom stereocenters. The number of aromatic nitrogens is 1. The molecule has 0 saturated carbocycles. The van der Waals surface area contributed by atoms with E-state index in [0.717, 1.165) is 22.0 Å². The number of nitrogens with one attached hydrogen (secondary N) is 8. The second-order valence-electron chi connectivity index (χ2n) is 21.7. The fraction of sp³-hybridized carbons (Fsp3) is 0.390. The van der Waals surface area contributed by atoms with Gasteiger partial charge in [-0.25, -0.2) is 4.79 Å². The molecule has 9 rings (SSSR count). The van der Waals surface area contributed by atoms with E-state index in [2.05, 4.69) is 48.8 Å². The smallest absolute Gasteiger partial charge is 0.336 e. The van der Waals surface area contributed by atoms with Crippen molar-refractivity contribution in [1.29, 1.82) is 0 Å². The van der Waals surface area contributed by atoms with Gasteiger partial charge in [0.25, 0.3) is 0 Å². The number of H-pyrrole nitrogens is 1. The predicted molar refractivity (Wildman–Crippen MR) is 310 cm³/mol. The number of aryl methyl sites for hydroxylation is 1. The first-order valence-electron chi connectivity index (χ1n) is 28.1. The second kappa shape index (κ2) is 27.5. The molecule has 0 spiro atoms. The lowest BCUT2D eigenvalue weighted by Crippen LogP contribution is -2.58. The minimum Gasteiger partial charge on any atom is -0.508 e. The molecule has 11 amide bonds. The number of para-hydroxylation sites is 1. The van der Waals surface area contributed by atoms with Gasteiger partial charge in [-0.2, -0.15) is 0 Å². The summed E-state index contributed by atoms with van der Waals surface area (Å²) in [4.78, 5) is 158. The zero-order valence-corrected chi connectivity index (χ0v) is 47.1. The van der Waals surface area contributed by atoms with Gasteiger partial charge >= 0.3 is 5.63 Å². The van der Waals surface area contributed by atoms with Gasteiger partial charge in [-0.15, -0.1) is 0 Å². The third kappa shape index (κ3) is 15.6. The van der Waals surface area contributed by atoms with Gasteiger partial charge in [-0.1, -0.05) is 36.9 Å². The highest BCUT2D eigenvalue weighted by molar-refractivity contribution is 6.02. The van der Waals surface area contributed by atoms with Crippen molar-refractivity contribution in [3.63, 3.8) is 0 Å². The number of phenols is 1. The summed E-state index contributed by atoms with van der Waals surface area (Å²) in [6.45, 7) is 6.02. The Balaban J connectivity index is 0.000000236. The number of nitrogens with zero attached hydrogens (tertiary/aromatic N) is 2. The highest BCUT2D eigenvalue weighted by Gasteiger charge is 2.42. The van der Waals surface area contributed by atoms with Crippen molar-refractivity contribution < 1.29 is 62.3 Å². The number of primary amides is 3. The fourth-order valence-electron chi connectivity index (χ4n) is 11.1. The van der Waals surface area contributed by atoms with Crippen LogP contribution in [0.2, 0.25) is 0 Å². The maximum absolute atomic E-state index is 13.9. The number of anilines is 1. The number of aromatic amines is 1. The number of likely N-dealkylation sites (tertiary alicyclic amines) is 2. The first-order valence-corrected chi connectivity index (χ1v) is 28.1. The first kappa shape index (κ1) is 62.0. The average molecular weight is 1180 g/mol. The van der Waals surface area contributed by atoms with Crippen molar-refractivity contribution >= 4 is 92.5 Å². The molecular formula is C59H69N13O14. The van der Waals surface area contributed by atoms with Crippen LogP contribution in [0.1, 0.15) is 80.9 Å². The standard InChI is InChI=1S/C36H39N7O7.C23H30N6O7/c1-19-14-32(45)50-30-16-22(10-11-23(19)30)40-34(47)27(15-21-18-38-25-7-4-3-6-24(21)25)41-35(48)29-8-5-13-43(29)36(49)28(17-31(37)44)42-33(46)26-12-9-20(2)39-26;24-18(31)11-16(28-21(34)14-7-8-19(32)26-14)23(36)29-9-1-2-17(29)22(35)27-15(20(25)33)10-12-3-5-13(30)6-4-12/h3-4,6-7,10-11,14,16,18,26-29,38-39H,2,5,8-9,12-13,15,17H2,1H3,(H2,37,44)(H,40,47)(H,41,48)(H,42,46);3-6,14-17,30H,1-2,7-11H2,(H2,24,31)(H2,25,33)(H,26,32)(H,27,35)(H,28,34). The molecule has 0 bridgehead atoms. The lowest BCUT2D eigenvalue weighted by molar-refractivity contribution is -0.143. The van der Waals surface area contributed by atoms with E-state index in [4.69, 9.17) is 21.6 Å². The molecule has 27 nitrogen and oxygen atoms in total. The van der Waals surface area contributed by atoms with E-state index < -0.39 is 126 Å². The van der Waals surface area contributed by atoms with Gasteiger partial charge in [0.1, 0.15) is 59.7 Å². The Morgan fingerprint density at radius 1 is 0.663 bits per heavy atom. The Morgan fingerprint density at radius 2 is 1.23 bits per heavy atom. The molecule has 2 aromatic heterocycles. The highest BCUT2D eigenvalue weighted by Crippen LogP contribution is 2.26. The predicted octanol–water partition coefficient (Wildman–Crippen LogP) is -0.600. The number of rotatable bonds is 21. The Morgan fingerprint density at radius 3 is 1.79 bits per heavy atom. The van der Waals surface area contributed by atoms with Crippen LogP contribution in [0.25, 0.3) is 21.9 Å². The Labute approximate surface area is 491 Å². The molecule has 8 unspecified atom stereocenters. The molecule has 6 heterocycles. The van der Waals surface area contributed by atoms with Gasteiger partial charge in [-0.3, -0.25) is 52.7 Å². The van der Waals surface area contributed by atoms with Crippen LogP contribution < -0.4 is 60.0 Å². The van der Waals surface area contributed by atoms with E-state index in [1.54, 1.807) is 43.5 Å². The molecule has 3 aromatic carbocycles. The minimum atomic E-state index is -1.31. The summed E-state index contributed by atoms with van der Waals surface area (Å²) in [6, 6.07) is 11.9. The SMILES string of the molecule is C=C1CCC(C(=O)NC(CC(N)=O)C(=O)N2CCCC2C(=O)NC(Cc2c[nH]c3ccccc23)C(=O)Nc2ccc3c(C)cc(=O)oc3c2)N1.NC(=O)CC(NC(=O)C1CCC(=O)N1)C(=O)N1CCCC1C(=O)NC(Cc1ccc(O)cc1)C(N)=O. The van der Waals surface area contributed by atoms with Gasteiger partial charge < -0.3 is 78.7 Å². The summed E-state index contributed by atoms with van der Waals surface area (Å²) in [7, 11) is 0. The number of hydrogen-bond acceptors (Lipinski definition) is 15. The molecule has 4 saturated heterocycles. The molecule has 454 valence electrons. The number of aromatic hydroxyl groups is 1. The summed E-state index contributed by atoms with van der Waals surface area (Å²) < 4.78 is 5.35. The monoisotopic (exact) mass is 1180 g/mol. The number of benzene rings is 3. The number of carbonyl (C=O) groups excluding carboxylic acids is 11. The van der Waals surface area contributed by atoms with E-state index in [-0.39, 0.29) is 50.4 Å². The molecule has 27 heteroatoms. The molecule has 5 aromatic rings. The molecule has 4 aliphatic rings. The van der Waals surface area contributed by atoms with Crippen molar-refractivity contribution in [1.82, 2.24) is 46.7 Å². The van der Waals surface area contributed by atoms with Crippen LogP contribution in [-0.4, -0.2) is 146 Å². The molecule has 4 fully saturated rings. The number of carbonyl (C=O) groups is 11. The van der Waals surface area contributed by atoms with Gasteiger partial charge in [0.2, 0.25) is 65.0 Å². The van der Waals surface area contributed by atoms with E-state index in [1.165, 1.54) is 28.0 Å². The molecule has 15 N–H and O–H groups in total.